The first kappa shape index (κ1) is 22.4. The molecule has 0 aliphatic carbocycles. The van der Waals surface area contributed by atoms with E-state index >= 15 is 0 Å². The highest BCUT2D eigenvalue weighted by molar-refractivity contribution is 6.30. The third kappa shape index (κ3) is 5.87. The van der Waals surface area contributed by atoms with Crippen molar-refractivity contribution in [2.45, 2.75) is 25.0 Å². The summed E-state index contributed by atoms with van der Waals surface area (Å²) in [6, 6.07) is 17.3. The molecule has 8 heteroatoms. The van der Waals surface area contributed by atoms with E-state index in [1.54, 1.807) is 0 Å². The van der Waals surface area contributed by atoms with E-state index in [9.17, 15) is 0 Å². The number of benzene rings is 2. The summed E-state index contributed by atoms with van der Waals surface area (Å²) < 4.78 is 11.1. The number of hydrogen-bond donors (Lipinski definition) is 2. The topological polar surface area (TPSA) is 101 Å². The number of rotatable bonds is 3. The first-order chi connectivity index (χ1) is 14.5. The zero-order valence-corrected chi connectivity index (χ0v) is 17.8. The van der Waals surface area contributed by atoms with Crippen LogP contribution in [0.15, 0.2) is 53.7 Å². The molecule has 158 valence electrons. The molecule has 2 fully saturated rings. The summed E-state index contributed by atoms with van der Waals surface area (Å²) in [6.07, 6.45) is 1.59. The van der Waals surface area contributed by atoms with Crippen molar-refractivity contribution in [3.8, 4) is 6.07 Å². The van der Waals surface area contributed by atoms with Gasteiger partial charge in [-0.3, -0.25) is 0 Å². The van der Waals surface area contributed by atoms with Crippen molar-refractivity contribution in [3.63, 3.8) is 0 Å². The lowest BCUT2D eigenvalue weighted by molar-refractivity contribution is 0.109. The first-order valence-corrected chi connectivity index (χ1v) is 10.4. The van der Waals surface area contributed by atoms with Crippen LogP contribution in [0.1, 0.15) is 36.2 Å². The predicted octanol–water partition coefficient (Wildman–Crippen LogP) is 5.11. The summed E-state index contributed by atoms with van der Waals surface area (Å²) in [4.78, 5) is 0. The Balaban J connectivity index is 0.000000172. The minimum Gasteiger partial charge on any atom is -0.409 e. The summed E-state index contributed by atoms with van der Waals surface area (Å²) in [5, 5.41) is 21.7. The Hall–Kier alpha value is -2.30. The molecule has 2 aromatic carbocycles. The molecular weight excluding hydrogens is 425 g/mol. The summed E-state index contributed by atoms with van der Waals surface area (Å²) in [7, 11) is 0. The minimum atomic E-state index is -0.00863. The molecule has 0 aromatic heterocycles. The van der Waals surface area contributed by atoms with Crippen molar-refractivity contribution < 1.29 is 14.7 Å². The highest BCUT2D eigenvalue weighted by Crippen LogP contribution is 2.33. The molecule has 0 spiro atoms. The van der Waals surface area contributed by atoms with Crippen LogP contribution in [0.4, 0.5) is 0 Å². The second kappa shape index (κ2) is 10.6. The number of hydrogen-bond acceptors (Lipinski definition) is 5. The van der Waals surface area contributed by atoms with Crippen LogP contribution >= 0.6 is 23.2 Å². The van der Waals surface area contributed by atoms with E-state index in [2.05, 4.69) is 11.2 Å². The van der Waals surface area contributed by atoms with Gasteiger partial charge in [0.2, 0.25) is 0 Å². The predicted molar refractivity (Wildman–Crippen MR) is 116 cm³/mol. The fourth-order valence-electron chi connectivity index (χ4n) is 3.45. The average molecular weight is 448 g/mol. The number of nitrogens with two attached hydrogens (primary N) is 1. The summed E-state index contributed by atoms with van der Waals surface area (Å²) >= 11 is 11.6. The number of nitrogens with zero attached hydrogens (tertiary/aromatic N) is 2. The zero-order chi connectivity index (χ0) is 21.5. The van der Waals surface area contributed by atoms with E-state index in [1.165, 1.54) is 0 Å². The lowest BCUT2D eigenvalue weighted by atomic mass is 10.00. The average Bonchev–Trinajstić information content (AvgIpc) is 3.45. The molecule has 2 aromatic rings. The third-order valence-corrected chi connectivity index (χ3v) is 5.70. The Labute approximate surface area is 185 Å². The highest BCUT2D eigenvalue weighted by Gasteiger charge is 2.29. The van der Waals surface area contributed by atoms with Crippen LogP contribution in [0.3, 0.4) is 0 Å². The number of amidine groups is 1. The molecule has 0 bridgehead atoms. The van der Waals surface area contributed by atoms with Crippen LogP contribution in [0.2, 0.25) is 10.0 Å². The van der Waals surface area contributed by atoms with Gasteiger partial charge >= 0.3 is 0 Å². The SMILES string of the molecule is N#C[C@@H]1CO[C@@H](c2ccc(Cl)cc2)C1.N/C(=N\O)[C@@H]1CO[C@@H](c2ccc(Cl)cc2)C1. The van der Waals surface area contributed by atoms with Crippen LogP contribution < -0.4 is 5.73 Å². The Morgan fingerprint density at radius 1 is 0.933 bits per heavy atom. The van der Waals surface area contributed by atoms with E-state index in [-0.39, 0.29) is 29.9 Å². The maximum absolute atomic E-state index is 8.72. The van der Waals surface area contributed by atoms with Gasteiger partial charge in [0.25, 0.3) is 0 Å². The largest absolute Gasteiger partial charge is 0.409 e. The maximum Gasteiger partial charge on any atom is 0.144 e. The molecule has 2 saturated heterocycles. The fraction of sp³-hybridized carbons (Fsp3) is 0.364. The van der Waals surface area contributed by atoms with E-state index in [0.717, 1.165) is 29.0 Å². The van der Waals surface area contributed by atoms with Crippen LogP contribution in [-0.4, -0.2) is 24.3 Å². The fourth-order valence-corrected chi connectivity index (χ4v) is 3.70. The minimum absolute atomic E-state index is 0.00238. The van der Waals surface area contributed by atoms with Crippen LogP contribution in [0.25, 0.3) is 0 Å². The van der Waals surface area contributed by atoms with Gasteiger partial charge in [0, 0.05) is 16.0 Å². The van der Waals surface area contributed by atoms with E-state index in [4.69, 9.17) is 48.9 Å². The van der Waals surface area contributed by atoms with Gasteiger partial charge in [-0.2, -0.15) is 5.26 Å². The van der Waals surface area contributed by atoms with Crippen LogP contribution in [0, 0.1) is 23.2 Å². The molecule has 2 aliphatic heterocycles. The second-order valence-corrected chi connectivity index (χ2v) is 8.14. The van der Waals surface area contributed by atoms with Gasteiger partial charge < -0.3 is 20.4 Å². The summed E-state index contributed by atoms with van der Waals surface area (Å²) in [5.74, 6) is 0.262. The van der Waals surface area contributed by atoms with Crippen molar-refractivity contribution in [1.82, 2.24) is 0 Å². The molecule has 2 aliphatic rings. The second-order valence-electron chi connectivity index (χ2n) is 7.27. The molecule has 6 nitrogen and oxygen atoms in total. The maximum atomic E-state index is 8.72. The smallest absolute Gasteiger partial charge is 0.144 e. The van der Waals surface area contributed by atoms with Crippen molar-refractivity contribution in [3.05, 3.63) is 69.7 Å². The Kier molecular flexibility index (Phi) is 7.94. The third-order valence-electron chi connectivity index (χ3n) is 5.19. The van der Waals surface area contributed by atoms with Gasteiger partial charge in [0.05, 0.1) is 37.4 Å². The number of nitriles is 1. The molecule has 0 saturated carbocycles. The van der Waals surface area contributed by atoms with Gasteiger partial charge in [0.1, 0.15) is 5.84 Å². The number of oxime groups is 1. The quantitative estimate of drug-likeness (QED) is 0.294. The van der Waals surface area contributed by atoms with E-state index in [0.29, 0.717) is 18.2 Å². The van der Waals surface area contributed by atoms with Gasteiger partial charge in [-0.05, 0) is 48.2 Å². The monoisotopic (exact) mass is 447 g/mol. The molecule has 4 rings (SSSR count). The molecular formula is C22H23Cl2N3O3. The van der Waals surface area contributed by atoms with E-state index in [1.807, 2.05) is 48.5 Å². The highest BCUT2D eigenvalue weighted by atomic mass is 35.5. The molecule has 0 unspecified atom stereocenters. The molecule has 30 heavy (non-hydrogen) atoms. The molecule has 3 N–H and O–H groups in total. The van der Waals surface area contributed by atoms with Crippen molar-refractivity contribution in [2.24, 2.45) is 22.7 Å². The normalized spacial score (nSPS) is 26.0. The number of ether oxygens (including phenoxy) is 2. The molecule has 2 heterocycles. The molecule has 4 atom stereocenters. The molecule has 0 amide bonds. The Bertz CT molecular complexity index is 897. The van der Waals surface area contributed by atoms with Crippen molar-refractivity contribution in [1.29, 1.82) is 5.26 Å². The Morgan fingerprint density at radius 3 is 1.90 bits per heavy atom. The van der Waals surface area contributed by atoms with Gasteiger partial charge in [-0.15, -0.1) is 0 Å². The zero-order valence-electron chi connectivity index (χ0n) is 16.2. The van der Waals surface area contributed by atoms with Crippen LogP contribution in [0.5, 0.6) is 0 Å². The van der Waals surface area contributed by atoms with Crippen molar-refractivity contribution >= 4 is 29.0 Å². The van der Waals surface area contributed by atoms with Gasteiger partial charge in [-0.25, -0.2) is 0 Å². The summed E-state index contributed by atoms with van der Waals surface area (Å²) in [5.41, 5.74) is 7.71. The van der Waals surface area contributed by atoms with Gasteiger partial charge in [-0.1, -0.05) is 52.6 Å². The first-order valence-electron chi connectivity index (χ1n) is 9.61. The lowest BCUT2D eigenvalue weighted by Crippen LogP contribution is -2.23. The standard InChI is InChI=1S/C11H13ClN2O2.C11H10ClNO/c12-9-3-1-7(2-4-9)10-5-8(6-16-10)11(13)14-15;12-10-3-1-9(2-4-10)11-5-8(6-13)7-14-11/h1-4,8,10,15H,5-6H2,(H2,13,14);1-4,8,11H,5,7H2/t8-,10+;8-,11-/m01/s1. The number of halogens is 2. The van der Waals surface area contributed by atoms with Crippen LogP contribution in [-0.2, 0) is 9.47 Å². The van der Waals surface area contributed by atoms with Crippen molar-refractivity contribution in [2.75, 3.05) is 13.2 Å². The van der Waals surface area contributed by atoms with Gasteiger partial charge in [0.15, 0.2) is 0 Å². The molecule has 0 radical (unpaired) electrons. The van der Waals surface area contributed by atoms with E-state index < -0.39 is 0 Å². The lowest BCUT2D eigenvalue weighted by Gasteiger charge is -2.09. The Morgan fingerprint density at radius 2 is 1.43 bits per heavy atom. The summed E-state index contributed by atoms with van der Waals surface area (Å²) in [6.45, 7) is 1.03.